The van der Waals surface area contributed by atoms with E-state index in [9.17, 15) is 5.11 Å². The summed E-state index contributed by atoms with van der Waals surface area (Å²) < 4.78 is 6.12. The van der Waals surface area contributed by atoms with Crippen molar-refractivity contribution in [2.75, 3.05) is 7.11 Å². The minimum Gasteiger partial charge on any atom is -0.507 e. The number of ether oxygens (including phenoxy) is 1. The molecule has 0 aliphatic heterocycles. The summed E-state index contributed by atoms with van der Waals surface area (Å²) in [6, 6.07) is 13.5. The Hall–Kier alpha value is -1.52. The first-order valence-electron chi connectivity index (χ1n) is 6.00. The highest BCUT2D eigenvalue weighted by molar-refractivity contribution is 9.10. The van der Waals surface area contributed by atoms with Gasteiger partial charge in [0.25, 0.3) is 0 Å². The Morgan fingerprint density at radius 2 is 2.00 bits per heavy atom. The van der Waals surface area contributed by atoms with E-state index in [0.29, 0.717) is 12.3 Å². The second kappa shape index (κ2) is 6.59. The second-order valence-corrected chi connectivity index (χ2v) is 5.14. The van der Waals surface area contributed by atoms with Crippen molar-refractivity contribution >= 4 is 15.9 Å². The lowest BCUT2D eigenvalue weighted by molar-refractivity contribution is 0.406. The van der Waals surface area contributed by atoms with Gasteiger partial charge in [-0.15, -0.1) is 0 Å². The molecule has 0 aliphatic rings. The van der Waals surface area contributed by atoms with Crippen LogP contribution >= 0.6 is 15.9 Å². The molecule has 2 aromatic rings. The predicted octanol–water partition coefficient (Wildman–Crippen LogP) is 3.45. The maximum absolute atomic E-state index is 9.84. The van der Waals surface area contributed by atoms with E-state index >= 15 is 0 Å². The van der Waals surface area contributed by atoms with Crippen LogP contribution in [0.3, 0.4) is 0 Å². The van der Waals surface area contributed by atoms with Crippen LogP contribution in [0.4, 0.5) is 0 Å². The Morgan fingerprint density at radius 3 is 2.68 bits per heavy atom. The highest BCUT2D eigenvalue weighted by Gasteiger charge is 2.02. The fourth-order valence-corrected chi connectivity index (χ4v) is 2.26. The van der Waals surface area contributed by atoms with Gasteiger partial charge in [0, 0.05) is 29.2 Å². The Balaban J connectivity index is 1.92. The summed E-state index contributed by atoms with van der Waals surface area (Å²) >= 11 is 3.44. The largest absolute Gasteiger partial charge is 0.507 e. The molecule has 0 aromatic heterocycles. The molecule has 2 N–H and O–H groups in total. The monoisotopic (exact) mass is 321 g/mol. The van der Waals surface area contributed by atoms with Crippen LogP contribution in [-0.4, -0.2) is 12.2 Å². The summed E-state index contributed by atoms with van der Waals surface area (Å²) in [6.07, 6.45) is 0. The summed E-state index contributed by atoms with van der Waals surface area (Å²) in [5, 5.41) is 13.1. The molecule has 100 valence electrons. The maximum atomic E-state index is 9.84. The van der Waals surface area contributed by atoms with E-state index < -0.39 is 0 Å². The number of phenols is 1. The minimum absolute atomic E-state index is 0.251. The molecule has 0 radical (unpaired) electrons. The lowest BCUT2D eigenvalue weighted by Gasteiger charge is -2.08. The van der Waals surface area contributed by atoms with Crippen LogP contribution < -0.4 is 10.1 Å². The zero-order valence-corrected chi connectivity index (χ0v) is 12.3. The Bertz CT molecular complexity index is 558. The van der Waals surface area contributed by atoms with Crippen LogP contribution in [-0.2, 0) is 13.1 Å². The molecule has 3 nitrogen and oxygen atoms in total. The number of benzene rings is 2. The quantitative estimate of drug-likeness (QED) is 0.886. The number of methoxy groups -OCH3 is 1. The van der Waals surface area contributed by atoms with Gasteiger partial charge in [-0.05, 0) is 23.8 Å². The number of hydrogen-bond acceptors (Lipinski definition) is 3. The molecule has 0 heterocycles. The van der Waals surface area contributed by atoms with Crippen LogP contribution in [0.25, 0.3) is 0 Å². The van der Waals surface area contributed by atoms with E-state index in [0.717, 1.165) is 16.6 Å². The lowest BCUT2D eigenvalue weighted by atomic mass is 10.1. The van der Waals surface area contributed by atoms with Crippen LogP contribution in [0.5, 0.6) is 11.5 Å². The Labute approximate surface area is 121 Å². The van der Waals surface area contributed by atoms with E-state index in [1.807, 2.05) is 24.3 Å². The molecule has 0 saturated heterocycles. The molecule has 0 fully saturated rings. The standard InChI is InChI=1S/C15H16BrNO2/c1-19-14-6-5-12(15(18)8-14)10-17-9-11-3-2-4-13(16)7-11/h2-8,17-18H,9-10H2,1H3. The van der Waals surface area contributed by atoms with Gasteiger partial charge in [0.2, 0.25) is 0 Å². The van der Waals surface area contributed by atoms with E-state index in [1.165, 1.54) is 5.56 Å². The molecule has 4 heteroatoms. The molecule has 2 aromatic carbocycles. The SMILES string of the molecule is COc1ccc(CNCc2cccc(Br)c2)c(O)c1. The Morgan fingerprint density at radius 1 is 1.16 bits per heavy atom. The molecule has 0 saturated carbocycles. The van der Waals surface area contributed by atoms with Crippen molar-refractivity contribution in [3.63, 3.8) is 0 Å². The average molecular weight is 322 g/mol. The third-order valence-electron chi connectivity index (χ3n) is 2.83. The van der Waals surface area contributed by atoms with Crippen molar-refractivity contribution in [3.05, 3.63) is 58.1 Å². The van der Waals surface area contributed by atoms with Crippen molar-refractivity contribution < 1.29 is 9.84 Å². The first-order chi connectivity index (χ1) is 9.19. The number of halogens is 1. The van der Waals surface area contributed by atoms with Gasteiger partial charge in [0.05, 0.1) is 7.11 Å². The number of phenolic OH excluding ortho intramolecular Hbond substituents is 1. The highest BCUT2D eigenvalue weighted by Crippen LogP contribution is 2.23. The molecule has 0 spiro atoms. The van der Waals surface area contributed by atoms with Gasteiger partial charge >= 0.3 is 0 Å². The van der Waals surface area contributed by atoms with Crippen molar-refractivity contribution in [1.29, 1.82) is 0 Å². The lowest BCUT2D eigenvalue weighted by Crippen LogP contribution is -2.12. The molecule has 2 rings (SSSR count). The van der Waals surface area contributed by atoms with E-state index in [-0.39, 0.29) is 5.75 Å². The minimum atomic E-state index is 0.251. The summed E-state index contributed by atoms with van der Waals surface area (Å²) in [7, 11) is 1.58. The third-order valence-corrected chi connectivity index (χ3v) is 3.32. The number of nitrogens with one attached hydrogen (secondary N) is 1. The molecule has 0 atom stereocenters. The van der Waals surface area contributed by atoms with Crippen LogP contribution in [0.15, 0.2) is 46.9 Å². The summed E-state index contributed by atoms with van der Waals surface area (Å²) in [5.74, 6) is 0.911. The highest BCUT2D eigenvalue weighted by atomic mass is 79.9. The fourth-order valence-electron chi connectivity index (χ4n) is 1.81. The zero-order chi connectivity index (χ0) is 13.7. The number of hydrogen-bond donors (Lipinski definition) is 2. The van der Waals surface area contributed by atoms with Crippen molar-refractivity contribution in [2.45, 2.75) is 13.1 Å². The van der Waals surface area contributed by atoms with E-state index in [4.69, 9.17) is 4.74 Å². The van der Waals surface area contributed by atoms with Gasteiger partial charge in [0.1, 0.15) is 11.5 Å². The summed E-state index contributed by atoms with van der Waals surface area (Å²) in [4.78, 5) is 0. The van der Waals surface area contributed by atoms with Gasteiger partial charge < -0.3 is 15.2 Å². The fraction of sp³-hybridized carbons (Fsp3) is 0.200. The predicted molar refractivity (Wildman–Crippen MR) is 79.3 cm³/mol. The van der Waals surface area contributed by atoms with Gasteiger partial charge in [0.15, 0.2) is 0 Å². The molecular formula is C15H16BrNO2. The molecule has 0 amide bonds. The van der Waals surface area contributed by atoms with Gasteiger partial charge in [-0.25, -0.2) is 0 Å². The Kier molecular flexibility index (Phi) is 4.82. The normalized spacial score (nSPS) is 10.4. The molecule has 0 bridgehead atoms. The molecule has 19 heavy (non-hydrogen) atoms. The van der Waals surface area contributed by atoms with Crippen molar-refractivity contribution in [2.24, 2.45) is 0 Å². The van der Waals surface area contributed by atoms with Gasteiger partial charge in [-0.2, -0.15) is 0 Å². The van der Waals surface area contributed by atoms with Crippen LogP contribution in [0.1, 0.15) is 11.1 Å². The average Bonchev–Trinajstić information content (AvgIpc) is 2.40. The maximum Gasteiger partial charge on any atom is 0.123 e. The second-order valence-electron chi connectivity index (χ2n) is 4.23. The molecular weight excluding hydrogens is 306 g/mol. The van der Waals surface area contributed by atoms with Crippen molar-refractivity contribution in [3.8, 4) is 11.5 Å². The molecule has 0 unspecified atom stereocenters. The van der Waals surface area contributed by atoms with Crippen molar-refractivity contribution in [1.82, 2.24) is 5.32 Å². The van der Waals surface area contributed by atoms with Gasteiger partial charge in [-0.1, -0.05) is 34.1 Å². The van der Waals surface area contributed by atoms with E-state index in [1.54, 1.807) is 13.2 Å². The van der Waals surface area contributed by atoms with Crippen LogP contribution in [0, 0.1) is 0 Å². The summed E-state index contributed by atoms with van der Waals surface area (Å²) in [6.45, 7) is 1.37. The van der Waals surface area contributed by atoms with Gasteiger partial charge in [-0.3, -0.25) is 0 Å². The number of rotatable bonds is 5. The number of aromatic hydroxyl groups is 1. The van der Waals surface area contributed by atoms with E-state index in [2.05, 4.69) is 33.4 Å². The first kappa shape index (κ1) is 13.9. The third kappa shape index (κ3) is 3.98. The topological polar surface area (TPSA) is 41.5 Å². The van der Waals surface area contributed by atoms with Crippen LogP contribution in [0.2, 0.25) is 0 Å². The summed E-state index contributed by atoms with van der Waals surface area (Å²) in [5.41, 5.74) is 2.05. The smallest absolute Gasteiger partial charge is 0.123 e. The molecule has 0 aliphatic carbocycles. The first-order valence-corrected chi connectivity index (χ1v) is 6.79. The zero-order valence-electron chi connectivity index (χ0n) is 10.7.